The predicted molar refractivity (Wildman–Crippen MR) is 56.9 cm³/mol. The topological polar surface area (TPSA) is 44.0 Å². The van der Waals surface area contributed by atoms with Gasteiger partial charge in [0.05, 0.1) is 17.2 Å². The maximum Gasteiger partial charge on any atom is 0.417 e. The molecule has 0 bridgehead atoms. The first-order chi connectivity index (χ1) is 7.99. The summed E-state index contributed by atoms with van der Waals surface area (Å²) >= 11 is 0. The third-order valence-corrected chi connectivity index (χ3v) is 2.08. The number of benzene rings is 1. The normalized spacial score (nSPS) is 11.7. The third-order valence-electron chi connectivity index (χ3n) is 2.08. The Balaban J connectivity index is 3.17. The highest BCUT2D eigenvalue weighted by molar-refractivity contribution is 5.56. The lowest BCUT2D eigenvalue weighted by molar-refractivity contribution is -0.137. The van der Waals surface area contributed by atoms with Crippen LogP contribution in [-0.2, 0) is 6.18 Å². The average Bonchev–Trinajstić information content (AvgIpc) is 2.28. The van der Waals surface area contributed by atoms with Crippen molar-refractivity contribution in [2.75, 3.05) is 6.61 Å². The molecule has 90 valence electrons. The number of aliphatic hydroxyl groups excluding tert-OH is 1. The molecular formula is C12H10F3NO. The second-order valence-corrected chi connectivity index (χ2v) is 3.33. The number of nitrogens with zero attached hydrogens (tertiary/aromatic N) is 1. The molecule has 0 saturated carbocycles. The molecule has 0 amide bonds. The Morgan fingerprint density at radius 3 is 2.59 bits per heavy atom. The van der Waals surface area contributed by atoms with Crippen molar-refractivity contribution in [2.45, 2.75) is 12.6 Å². The Labute approximate surface area is 96.6 Å². The van der Waals surface area contributed by atoms with E-state index in [-0.39, 0.29) is 24.2 Å². The maximum absolute atomic E-state index is 12.7. The summed E-state index contributed by atoms with van der Waals surface area (Å²) in [6.07, 6.45) is -1.46. The molecule has 0 aromatic heterocycles. The van der Waals surface area contributed by atoms with E-state index in [2.05, 4.69) is 0 Å². The van der Waals surface area contributed by atoms with E-state index in [1.165, 1.54) is 24.3 Å². The zero-order valence-corrected chi connectivity index (χ0v) is 8.83. The van der Waals surface area contributed by atoms with Crippen LogP contribution in [0.3, 0.4) is 0 Å². The van der Waals surface area contributed by atoms with Crippen molar-refractivity contribution in [2.24, 2.45) is 0 Å². The van der Waals surface area contributed by atoms with Crippen LogP contribution in [0.15, 0.2) is 24.3 Å². The summed E-state index contributed by atoms with van der Waals surface area (Å²) in [5.41, 5.74) is -0.882. The highest BCUT2D eigenvalue weighted by Gasteiger charge is 2.32. The smallest absolute Gasteiger partial charge is 0.396 e. The van der Waals surface area contributed by atoms with Crippen LogP contribution < -0.4 is 0 Å². The fourth-order valence-corrected chi connectivity index (χ4v) is 1.30. The van der Waals surface area contributed by atoms with E-state index in [1.807, 2.05) is 0 Å². The van der Waals surface area contributed by atoms with Gasteiger partial charge in [-0.05, 0) is 24.1 Å². The lowest BCUT2D eigenvalue weighted by Gasteiger charge is -2.10. The summed E-state index contributed by atoms with van der Waals surface area (Å²) in [6.45, 7) is -0.117. The van der Waals surface area contributed by atoms with Crippen LogP contribution in [-0.4, -0.2) is 11.7 Å². The Kier molecular flexibility index (Phi) is 4.30. The molecule has 0 unspecified atom stereocenters. The second-order valence-electron chi connectivity index (χ2n) is 3.33. The fraction of sp³-hybridized carbons (Fsp3) is 0.250. The van der Waals surface area contributed by atoms with Gasteiger partial charge in [-0.25, -0.2) is 0 Å². The summed E-state index contributed by atoms with van der Waals surface area (Å²) in [4.78, 5) is 0. The van der Waals surface area contributed by atoms with Gasteiger partial charge in [0.1, 0.15) is 0 Å². The van der Waals surface area contributed by atoms with Gasteiger partial charge in [0.15, 0.2) is 0 Å². The number of halogens is 3. The lowest BCUT2D eigenvalue weighted by Crippen LogP contribution is -2.07. The van der Waals surface area contributed by atoms with E-state index in [4.69, 9.17) is 10.4 Å². The Morgan fingerprint density at radius 1 is 1.35 bits per heavy atom. The molecule has 5 heteroatoms. The highest BCUT2D eigenvalue weighted by atomic mass is 19.4. The molecule has 1 aromatic carbocycles. The first-order valence-electron chi connectivity index (χ1n) is 4.88. The van der Waals surface area contributed by atoms with Crippen molar-refractivity contribution in [1.82, 2.24) is 0 Å². The minimum Gasteiger partial charge on any atom is -0.396 e. The predicted octanol–water partition coefficient (Wildman–Crippen LogP) is 2.97. The Bertz CT molecular complexity index is 458. The Morgan fingerprint density at radius 2 is 2.06 bits per heavy atom. The molecule has 0 aliphatic heterocycles. The third kappa shape index (κ3) is 3.61. The summed E-state index contributed by atoms with van der Waals surface area (Å²) < 4.78 is 38.0. The molecule has 0 heterocycles. The van der Waals surface area contributed by atoms with Gasteiger partial charge in [-0.1, -0.05) is 18.2 Å². The van der Waals surface area contributed by atoms with Crippen LogP contribution >= 0.6 is 0 Å². The molecule has 0 fully saturated rings. The van der Waals surface area contributed by atoms with Gasteiger partial charge in [0.2, 0.25) is 0 Å². The molecule has 0 saturated heterocycles. The largest absolute Gasteiger partial charge is 0.417 e. The number of hydrogen-bond acceptors (Lipinski definition) is 2. The van der Waals surface area contributed by atoms with Crippen LogP contribution in [0.25, 0.3) is 6.08 Å². The number of hydrogen-bond donors (Lipinski definition) is 1. The van der Waals surface area contributed by atoms with E-state index < -0.39 is 11.7 Å². The van der Waals surface area contributed by atoms with E-state index in [9.17, 15) is 13.2 Å². The molecule has 1 rings (SSSR count). The van der Waals surface area contributed by atoms with E-state index >= 15 is 0 Å². The molecule has 0 spiro atoms. The first-order valence-corrected chi connectivity index (χ1v) is 4.88. The van der Waals surface area contributed by atoms with Gasteiger partial charge in [-0.2, -0.15) is 18.4 Å². The van der Waals surface area contributed by atoms with Crippen LogP contribution in [0, 0.1) is 11.3 Å². The van der Waals surface area contributed by atoms with Gasteiger partial charge >= 0.3 is 6.18 Å². The van der Waals surface area contributed by atoms with Gasteiger partial charge in [-0.3, -0.25) is 0 Å². The summed E-state index contributed by atoms with van der Waals surface area (Å²) in [5, 5.41) is 17.1. The molecule has 0 aliphatic rings. The zero-order chi connectivity index (χ0) is 12.9. The van der Waals surface area contributed by atoms with Crippen LogP contribution in [0.1, 0.15) is 23.1 Å². The van der Waals surface area contributed by atoms with Crippen molar-refractivity contribution in [1.29, 1.82) is 5.26 Å². The van der Waals surface area contributed by atoms with Gasteiger partial charge in [0, 0.05) is 6.61 Å². The fourth-order valence-electron chi connectivity index (χ4n) is 1.30. The monoisotopic (exact) mass is 241 g/mol. The van der Waals surface area contributed by atoms with Crippen LogP contribution in [0.5, 0.6) is 0 Å². The highest BCUT2D eigenvalue weighted by Crippen LogP contribution is 2.33. The number of rotatable bonds is 3. The average molecular weight is 241 g/mol. The standard InChI is InChI=1S/C12H10F3NO/c13-12(14,15)11-7-9(8-16)4-5-10(11)3-1-2-6-17/h1,3-5,7,17H,2,6H2. The molecule has 17 heavy (non-hydrogen) atoms. The summed E-state index contributed by atoms with van der Waals surface area (Å²) in [6, 6.07) is 5.06. The quantitative estimate of drug-likeness (QED) is 0.884. The lowest BCUT2D eigenvalue weighted by atomic mass is 10.0. The number of alkyl halides is 3. The van der Waals surface area contributed by atoms with Gasteiger partial charge < -0.3 is 5.11 Å². The van der Waals surface area contributed by atoms with Crippen molar-refractivity contribution in [3.63, 3.8) is 0 Å². The SMILES string of the molecule is N#Cc1ccc(C=CCCO)c(C(F)(F)F)c1. The van der Waals surface area contributed by atoms with Gasteiger partial charge in [-0.15, -0.1) is 0 Å². The number of nitriles is 1. The van der Waals surface area contributed by atoms with Crippen molar-refractivity contribution in [3.05, 3.63) is 41.0 Å². The first kappa shape index (κ1) is 13.3. The van der Waals surface area contributed by atoms with E-state index in [1.54, 1.807) is 6.07 Å². The van der Waals surface area contributed by atoms with Crippen molar-refractivity contribution >= 4 is 6.08 Å². The van der Waals surface area contributed by atoms with Gasteiger partial charge in [0.25, 0.3) is 0 Å². The summed E-state index contributed by atoms with van der Waals surface area (Å²) in [5.74, 6) is 0. The molecule has 0 radical (unpaired) electrons. The van der Waals surface area contributed by atoms with Crippen LogP contribution in [0.2, 0.25) is 0 Å². The van der Waals surface area contributed by atoms with Crippen LogP contribution in [0.4, 0.5) is 13.2 Å². The molecule has 0 atom stereocenters. The molecule has 1 aromatic rings. The minimum atomic E-state index is -4.49. The molecular weight excluding hydrogens is 231 g/mol. The minimum absolute atomic E-state index is 0.00931. The summed E-state index contributed by atoms with van der Waals surface area (Å²) in [7, 11) is 0. The molecule has 0 aliphatic carbocycles. The van der Waals surface area contributed by atoms with E-state index in [0.29, 0.717) is 0 Å². The van der Waals surface area contributed by atoms with E-state index in [0.717, 1.165) is 6.07 Å². The zero-order valence-electron chi connectivity index (χ0n) is 8.83. The Hall–Kier alpha value is -1.80. The van der Waals surface area contributed by atoms with Crippen molar-refractivity contribution in [3.8, 4) is 6.07 Å². The second kappa shape index (κ2) is 5.51. The molecule has 1 N–H and O–H groups in total. The maximum atomic E-state index is 12.7. The molecule has 2 nitrogen and oxygen atoms in total. The number of aliphatic hydroxyl groups is 1. The van der Waals surface area contributed by atoms with Crippen molar-refractivity contribution < 1.29 is 18.3 Å².